The fourth-order valence-corrected chi connectivity index (χ4v) is 4.51. The summed E-state index contributed by atoms with van der Waals surface area (Å²) in [6, 6.07) is 5.73. The van der Waals surface area contributed by atoms with Crippen molar-refractivity contribution in [2.75, 3.05) is 32.6 Å². The number of ether oxygens (including phenoxy) is 2. The maximum Gasteiger partial charge on any atom is 0.211 e. The molecule has 1 aromatic heterocycles. The van der Waals surface area contributed by atoms with E-state index in [9.17, 15) is 8.42 Å². The Balaban J connectivity index is 1.68. The number of fused-ring (bicyclic) bond motifs is 1. The lowest BCUT2D eigenvalue weighted by atomic mass is 9.73. The monoisotopic (exact) mass is 340 g/mol. The number of hydrogen-bond acceptors (Lipinski definition) is 5. The molecule has 23 heavy (non-hydrogen) atoms. The third-order valence-electron chi connectivity index (χ3n) is 4.79. The molecule has 0 aromatic carbocycles. The molecule has 0 N–H and O–H groups in total. The van der Waals surface area contributed by atoms with Gasteiger partial charge in [-0.2, -0.15) is 0 Å². The topological polar surface area (TPSA) is 68.7 Å². The van der Waals surface area contributed by atoms with Crippen molar-refractivity contribution in [1.82, 2.24) is 9.29 Å². The smallest absolute Gasteiger partial charge is 0.211 e. The third-order valence-corrected chi connectivity index (χ3v) is 6.04. The van der Waals surface area contributed by atoms with Crippen LogP contribution < -0.4 is 0 Å². The molecule has 0 unspecified atom stereocenters. The Morgan fingerprint density at radius 2 is 2.35 bits per heavy atom. The van der Waals surface area contributed by atoms with Gasteiger partial charge < -0.3 is 9.47 Å². The molecule has 2 fully saturated rings. The summed E-state index contributed by atoms with van der Waals surface area (Å²) >= 11 is 0. The van der Waals surface area contributed by atoms with Gasteiger partial charge in [-0.3, -0.25) is 4.98 Å². The minimum absolute atomic E-state index is 0.0815. The molecule has 1 aromatic rings. The predicted molar refractivity (Wildman–Crippen MR) is 86.3 cm³/mol. The highest BCUT2D eigenvalue weighted by molar-refractivity contribution is 7.88. The number of rotatable bonds is 5. The molecule has 0 spiro atoms. The van der Waals surface area contributed by atoms with Crippen molar-refractivity contribution in [2.45, 2.75) is 32.0 Å². The number of sulfonamides is 1. The molecular formula is C16H24N2O4S. The Morgan fingerprint density at radius 1 is 1.48 bits per heavy atom. The van der Waals surface area contributed by atoms with E-state index in [4.69, 9.17) is 9.47 Å². The largest absolute Gasteiger partial charge is 0.377 e. The standard InChI is InChI=1S/C16H24N2O4S/c1-23(19,20)18-9-6-15-16(12-18,7-4-10-22-15)13-21-11-14-5-2-3-8-17-14/h2-3,5,8,15H,4,6-7,9-13H2,1H3/t15-,16+/m0/s1. The molecule has 2 aliphatic rings. The van der Waals surface area contributed by atoms with Gasteiger partial charge in [-0.1, -0.05) is 6.07 Å². The average Bonchev–Trinajstić information content (AvgIpc) is 2.54. The van der Waals surface area contributed by atoms with Crippen molar-refractivity contribution in [3.8, 4) is 0 Å². The minimum Gasteiger partial charge on any atom is -0.377 e. The Hall–Kier alpha value is -1.02. The zero-order chi connectivity index (χ0) is 16.3. The molecule has 2 saturated heterocycles. The van der Waals surface area contributed by atoms with Crippen LogP contribution in [0.2, 0.25) is 0 Å². The maximum atomic E-state index is 11.9. The van der Waals surface area contributed by atoms with Crippen molar-refractivity contribution in [1.29, 1.82) is 0 Å². The van der Waals surface area contributed by atoms with Gasteiger partial charge in [0.05, 0.1) is 31.3 Å². The number of pyridine rings is 1. The van der Waals surface area contributed by atoms with E-state index in [-0.39, 0.29) is 11.5 Å². The molecular weight excluding hydrogens is 316 g/mol. The first kappa shape index (κ1) is 16.8. The molecule has 0 radical (unpaired) electrons. The van der Waals surface area contributed by atoms with Crippen molar-refractivity contribution in [2.24, 2.45) is 5.41 Å². The molecule has 128 valence electrons. The Bertz CT molecular complexity index is 622. The summed E-state index contributed by atoms with van der Waals surface area (Å²) in [6.45, 7) is 2.71. The first-order chi connectivity index (χ1) is 11.0. The van der Waals surface area contributed by atoms with Crippen molar-refractivity contribution in [3.63, 3.8) is 0 Å². The van der Waals surface area contributed by atoms with Gasteiger partial charge in [0.15, 0.2) is 0 Å². The predicted octanol–water partition coefficient (Wildman–Crippen LogP) is 1.43. The van der Waals surface area contributed by atoms with Gasteiger partial charge in [0, 0.05) is 31.3 Å². The van der Waals surface area contributed by atoms with E-state index in [1.54, 1.807) is 10.5 Å². The van der Waals surface area contributed by atoms with Gasteiger partial charge in [0.1, 0.15) is 0 Å². The molecule has 0 aliphatic carbocycles. The van der Waals surface area contributed by atoms with E-state index in [1.807, 2.05) is 18.2 Å². The maximum absolute atomic E-state index is 11.9. The highest BCUT2D eigenvalue weighted by atomic mass is 32.2. The van der Waals surface area contributed by atoms with Crippen LogP contribution in [0.15, 0.2) is 24.4 Å². The van der Waals surface area contributed by atoms with Crippen molar-refractivity contribution in [3.05, 3.63) is 30.1 Å². The van der Waals surface area contributed by atoms with Gasteiger partial charge in [-0.15, -0.1) is 0 Å². The van der Waals surface area contributed by atoms with Crippen LogP contribution in [0.5, 0.6) is 0 Å². The Kier molecular flexibility index (Phi) is 5.01. The van der Waals surface area contributed by atoms with Crippen molar-refractivity contribution >= 4 is 10.0 Å². The second kappa shape index (κ2) is 6.84. The van der Waals surface area contributed by atoms with Gasteiger partial charge in [0.2, 0.25) is 10.0 Å². The zero-order valence-corrected chi connectivity index (χ0v) is 14.3. The van der Waals surface area contributed by atoms with Crippen LogP contribution in [0, 0.1) is 5.41 Å². The lowest BCUT2D eigenvalue weighted by Crippen LogP contribution is -2.57. The second-order valence-corrected chi connectivity index (χ2v) is 8.51. The number of hydrogen-bond donors (Lipinski definition) is 0. The van der Waals surface area contributed by atoms with Crippen LogP contribution in [0.3, 0.4) is 0 Å². The number of aromatic nitrogens is 1. The van der Waals surface area contributed by atoms with Crippen LogP contribution in [0.4, 0.5) is 0 Å². The zero-order valence-electron chi connectivity index (χ0n) is 13.5. The quantitative estimate of drug-likeness (QED) is 0.811. The average molecular weight is 340 g/mol. The molecule has 7 heteroatoms. The molecule has 2 atom stereocenters. The summed E-state index contributed by atoms with van der Waals surface area (Å²) in [7, 11) is -3.18. The number of piperidine rings is 1. The number of nitrogens with zero attached hydrogens (tertiary/aromatic N) is 2. The molecule has 0 amide bonds. The fourth-order valence-electron chi connectivity index (χ4n) is 3.59. The van der Waals surface area contributed by atoms with Crippen LogP contribution >= 0.6 is 0 Å². The lowest BCUT2D eigenvalue weighted by molar-refractivity contribution is -0.144. The molecule has 3 rings (SSSR count). The SMILES string of the molecule is CS(=O)(=O)N1CC[C@@H]2OCCC[C@]2(COCc2ccccn2)C1. The highest BCUT2D eigenvalue weighted by Crippen LogP contribution is 2.41. The molecule has 0 saturated carbocycles. The summed E-state index contributed by atoms with van der Waals surface area (Å²) in [5.41, 5.74) is 0.641. The van der Waals surface area contributed by atoms with E-state index < -0.39 is 10.0 Å². The minimum atomic E-state index is -3.18. The lowest BCUT2D eigenvalue weighted by Gasteiger charge is -2.49. The molecule has 6 nitrogen and oxygen atoms in total. The summed E-state index contributed by atoms with van der Waals surface area (Å²) in [5, 5.41) is 0. The second-order valence-electron chi connectivity index (χ2n) is 6.52. The molecule has 0 bridgehead atoms. The fraction of sp³-hybridized carbons (Fsp3) is 0.688. The summed E-state index contributed by atoms with van der Waals surface area (Å²) in [6.07, 6.45) is 5.72. The van der Waals surface area contributed by atoms with Crippen LogP contribution in [-0.4, -0.2) is 56.4 Å². The van der Waals surface area contributed by atoms with Crippen molar-refractivity contribution < 1.29 is 17.9 Å². The first-order valence-electron chi connectivity index (χ1n) is 8.04. The Morgan fingerprint density at radius 3 is 3.09 bits per heavy atom. The van der Waals surface area contributed by atoms with E-state index in [0.29, 0.717) is 26.3 Å². The van der Waals surface area contributed by atoms with Gasteiger partial charge >= 0.3 is 0 Å². The molecule has 2 aliphatic heterocycles. The third kappa shape index (κ3) is 3.91. The van der Waals surface area contributed by atoms with Gasteiger partial charge in [-0.25, -0.2) is 12.7 Å². The first-order valence-corrected chi connectivity index (χ1v) is 9.89. The van der Waals surface area contributed by atoms with E-state index in [2.05, 4.69) is 4.98 Å². The normalized spacial score (nSPS) is 29.2. The highest BCUT2D eigenvalue weighted by Gasteiger charge is 2.47. The Labute approximate surface area is 137 Å². The summed E-state index contributed by atoms with van der Waals surface area (Å²) < 4.78 is 37.3. The van der Waals surface area contributed by atoms with E-state index in [1.165, 1.54) is 6.26 Å². The van der Waals surface area contributed by atoms with Crippen LogP contribution in [0.1, 0.15) is 25.0 Å². The van der Waals surface area contributed by atoms with Crippen LogP contribution in [0.25, 0.3) is 0 Å². The van der Waals surface area contributed by atoms with Crippen LogP contribution in [-0.2, 0) is 26.1 Å². The van der Waals surface area contributed by atoms with Gasteiger partial charge in [0.25, 0.3) is 0 Å². The van der Waals surface area contributed by atoms with E-state index in [0.717, 1.165) is 31.6 Å². The van der Waals surface area contributed by atoms with Gasteiger partial charge in [-0.05, 0) is 31.4 Å². The summed E-state index contributed by atoms with van der Waals surface area (Å²) in [5.74, 6) is 0. The molecule has 3 heterocycles. The van der Waals surface area contributed by atoms with E-state index >= 15 is 0 Å². The summed E-state index contributed by atoms with van der Waals surface area (Å²) in [4.78, 5) is 4.25.